The van der Waals surface area contributed by atoms with Crippen molar-refractivity contribution < 1.29 is 73.7 Å². The van der Waals surface area contributed by atoms with Crippen molar-refractivity contribution in [2.45, 2.75) is 79.9 Å². The summed E-state index contributed by atoms with van der Waals surface area (Å²) in [6.45, 7) is -0.717. The van der Waals surface area contributed by atoms with Crippen molar-refractivity contribution in [1.82, 2.24) is 0 Å². The summed E-state index contributed by atoms with van der Waals surface area (Å²) in [7, 11) is 2.26. The molecule has 7 N–H and O–H groups in total. The SMILES string of the molecule is COC(=O)[C@H]1O[C@H](O[C@H]2C(O)OC[C@@H](O[C@@H]3OC[C@@H](O)[C@H](O)[C@H]3O)[C@@H]2O)[C@H](O)[C@@H](O)[C@@H]1OC. The predicted molar refractivity (Wildman–Crippen MR) is 99.0 cm³/mol. The molecule has 3 aliphatic rings. The number of methoxy groups -OCH3 is 2. The highest BCUT2D eigenvalue weighted by molar-refractivity contribution is 5.75. The van der Waals surface area contributed by atoms with Crippen LogP contribution in [0.3, 0.4) is 0 Å². The van der Waals surface area contributed by atoms with Crippen LogP contribution >= 0.6 is 0 Å². The van der Waals surface area contributed by atoms with Crippen molar-refractivity contribution in [3.63, 3.8) is 0 Å². The second kappa shape index (κ2) is 11.1. The largest absolute Gasteiger partial charge is 0.467 e. The minimum atomic E-state index is -1.75. The van der Waals surface area contributed by atoms with Gasteiger partial charge >= 0.3 is 5.97 Å². The van der Waals surface area contributed by atoms with E-state index in [0.717, 1.165) is 7.11 Å². The molecule has 15 nitrogen and oxygen atoms in total. The molecule has 0 radical (unpaired) electrons. The normalized spacial score (nSPS) is 48.9. The number of esters is 1. The van der Waals surface area contributed by atoms with Crippen LogP contribution in [0.5, 0.6) is 0 Å². The van der Waals surface area contributed by atoms with E-state index in [4.69, 9.17) is 28.4 Å². The van der Waals surface area contributed by atoms with Gasteiger partial charge in [0.15, 0.2) is 25.0 Å². The highest BCUT2D eigenvalue weighted by Gasteiger charge is 2.52. The fourth-order valence-corrected chi connectivity index (χ4v) is 3.78. The number of carbonyl (C=O) groups excluding carboxylic acids is 1. The van der Waals surface area contributed by atoms with Gasteiger partial charge in [-0.1, -0.05) is 0 Å². The maximum atomic E-state index is 12.0. The molecule has 0 spiro atoms. The Balaban J connectivity index is 1.69. The van der Waals surface area contributed by atoms with Crippen LogP contribution in [0.2, 0.25) is 0 Å². The first-order valence-electron chi connectivity index (χ1n) is 10.2. The lowest BCUT2D eigenvalue weighted by Gasteiger charge is -2.45. The Kier molecular flexibility index (Phi) is 8.95. The van der Waals surface area contributed by atoms with E-state index in [0.29, 0.717) is 0 Å². The predicted octanol–water partition coefficient (Wildman–Crippen LogP) is -5.46. The summed E-state index contributed by atoms with van der Waals surface area (Å²) < 4.78 is 36.1. The second-order valence-corrected chi connectivity index (χ2v) is 7.87. The molecule has 0 bridgehead atoms. The average molecular weight is 486 g/mol. The first-order valence-corrected chi connectivity index (χ1v) is 10.2. The van der Waals surface area contributed by atoms with E-state index >= 15 is 0 Å². The fraction of sp³-hybridized carbons (Fsp3) is 0.944. The lowest BCUT2D eigenvalue weighted by atomic mass is 9.98. The molecule has 13 atom stereocenters. The van der Waals surface area contributed by atoms with Crippen LogP contribution in [0.4, 0.5) is 0 Å². The second-order valence-electron chi connectivity index (χ2n) is 7.87. The zero-order valence-electron chi connectivity index (χ0n) is 17.8. The van der Waals surface area contributed by atoms with E-state index < -0.39 is 85.9 Å². The van der Waals surface area contributed by atoms with Gasteiger partial charge < -0.3 is 68.9 Å². The minimum absolute atomic E-state index is 0.343. The number of aliphatic hydroxyl groups excluding tert-OH is 7. The lowest BCUT2D eigenvalue weighted by molar-refractivity contribution is -0.363. The first kappa shape index (κ1) is 26.6. The summed E-state index contributed by atoms with van der Waals surface area (Å²) in [4.78, 5) is 12.0. The fourth-order valence-electron chi connectivity index (χ4n) is 3.78. The molecular weight excluding hydrogens is 456 g/mol. The molecule has 15 heteroatoms. The molecule has 3 rings (SSSR count). The Labute approximate surface area is 187 Å². The van der Waals surface area contributed by atoms with Gasteiger partial charge in [0, 0.05) is 7.11 Å². The van der Waals surface area contributed by atoms with Crippen LogP contribution in [0.1, 0.15) is 0 Å². The average Bonchev–Trinajstić information content (AvgIpc) is 2.80. The van der Waals surface area contributed by atoms with Gasteiger partial charge in [-0.2, -0.15) is 0 Å². The van der Waals surface area contributed by atoms with E-state index in [-0.39, 0.29) is 13.2 Å². The molecule has 3 heterocycles. The molecule has 3 saturated heterocycles. The first-order chi connectivity index (χ1) is 15.6. The molecule has 0 aromatic heterocycles. The van der Waals surface area contributed by atoms with Crippen molar-refractivity contribution >= 4 is 5.97 Å². The monoisotopic (exact) mass is 486 g/mol. The topological polar surface area (TPSA) is 223 Å². The van der Waals surface area contributed by atoms with Crippen molar-refractivity contribution in [2.24, 2.45) is 0 Å². The number of ether oxygens (including phenoxy) is 7. The van der Waals surface area contributed by atoms with Gasteiger partial charge in [0.2, 0.25) is 0 Å². The van der Waals surface area contributed by atoms with Gasteiger partial charge in [0.25, 0.3) is 0 Å². The lowest BCUT2D eigenvalue weighted by Crippen LogP contribution is -2.64. The van der Waals surface area contributed by atoms with Crippen LogP contribution in [0.25, 0.3) is 0 Å². The highest BCUT2D eigenvalue weighted by Crippen LogP contribution is 2.30. The van der Waals surface area contributed by atoms with E-state index in [1.165, 1.54) is 7.11 Å². The summed E-state index contributed by atoms with van der Waals surface area (Å²) in [6.07, 6.45) is -20.1. The number of rotatable bonds is 6. The van der Waals surface area contributed by atoms with E-state index in [9.17, 15) is 40.5 Å². The zero-order chi connectivity index (χ0) is 24.4. The molecule has 0 saturated carbocycles. The maximum Gasteiger partial charge on any atom is 0.337 e. The molecule has 192 valence electrons. The quantitative estimate of drug-likeness (QED) is 0.174. The van der Waals surface area contributed by atoms with Crippen molar-refractivity contribution in [3.8, 4) is 0 Å². The van der Waals surface area contributed by atoms with E-state index in [2.05, 4.69) is 4.74 Å². The number of hydrogen-bond donors (Lipinski definition) is 7. The summed E-state index contributed by atoms with van der Waals surface area (Å²) in [5.74, 6) is -0.923. The standard InChI is InChI=1S/C18H30O15/c1-27-12-9(22)11(24)18(33-14(12)15(25)28-2)32-13-8(21)6(4-29-16(13)26)31-17-10(23)7(20)5(19)3-30-17/h5-14,16-24,26H,3-4H2,1-2H3/t5-,6-,7+,8+,9-,10-,11-,12+,13-,14+,16?,17+,18+/m1/s1. The molecule has 3 aliphatic heterocycles. The molecule has 0 amide bonds. The molecule has 0 aromatic rings. The Morgan fingerprint density at radius 3 is 2.06 bits per heavy atom. The van der Waals surface area contributed by atoms with Gasteiger partial charge in [-0.15, -0.1) is 0 Å². The van der Waals surface area contributed by atoms with Crippen molar-refractivity contribution in [3.05, 3.63) is 0 Å². The van der Waals surface area contributed by atoms with Crippen molar-refractivity contribution in [2.75, 3.05) is 27.4 Å². The Morgan fingerprint density at radius 1 is 0.758 bits per heavy atom. The van der Waals surface area contributed by atoms with Gasteiger partial charge in [0.1, 0.15) is 54.9 Å². The molecule has 33 heavy (non-hydrogen) atoms. The third kappa shape index (κ3) is 5.46. The molecular formula is C18H30O15. The summed E-state index contributed by atoms with van der Waals surface area (Å²) >= 11 is 0. The Morgan fingerprint density at radius 2 is 1.42 bits per heavy atom. The number of aliphatic hydroxyl groups is 7. The molecule has 0 aliphatic carbocycles. The maximum absolute atomic E-state index is 12.0. The molecule has 3 fully saturated rings. The minimum Gasteiger partial charge on any atom is -0.467 e. The zero-order valence-corrected chi connectivity index (χ0v) is 17.8. The van der Waals surface area contributed by atoms with Gasteiger partial charge in [0.05, 0.1) is 20.3 Å². The summed E-state index contributed by atoms with van der Waals surface area (Å²) in [5.41, 5.74) is 0. The Hall–Kier alpha value is -1.05. The van der Waals surface area contributed by atoms with Crippen LogP contribution in [0, 0.1) is 0 Å². The summed E-state index contributed by atoms with van der Waals surface area (Å²) in [5, 5.41) is 70.8. The van der Waals surface area contributed by atoms with Crippen LogP contribution in [-0.2, 0) is 38.0 Å². The molecule has 0 aromatic carbocycles. The third-order valence-corrected chi connectivity index (χ3v) is 5.73. The number of carbonyl (C=O) groups is 1. The Bertz CT molecular complexity index is 650. The summed E-state index contributed by atoms with van der Waals surface area (Å²) in [6, 6.07) is 0. The number of hydrogen-bond acceptors (Lipinski definition) is 15. The van der Waals surface area contributed by atoms with Gasteiger partial charge in [-0.25, -0.2) is 4.79 Å². The van der Waals surface area contributed by atoms with Crippen LogP contribution in [0.15, 0.2) is 0 Å². The smallest absolute Gasteiger partial charge is 0.337 e. The van der Waals surface area contributed by atoms with E-state index in [1.807, 2.05) is 0 Å². The van der Waals surface area contributed by atoms with E-state index in [1.54, 1.807) is 0 Å². The highest BCUT2D eigenvalue weighted by atomic mass is 16.8. The molecule has 1 unspecified atom stereocenters. The van der Waals surface area contributed by atoms with Crippen LogP contribution < -0.4 is 0 Å². The third-order valence-electron chi connectivity index (χ3n) is 5.73. The van der Waals surface area contributed by atoms with Gasteiger partial charge in [-0.3, -0.25) is 0 Å². The van der Waals surface area contributed by atoms with Crippen LogP contribution in [-0.4, -0.2) is 149 Å². The van der Waals surface area contributed by atoms with Gasteiger partial charge in [-0.05, 0) is 0 Å². The van der Waals surface area contributed by atoms with Crippen molar-refractivity contribution in [1.29, 1.82) is 0 Å².